The Hall–Kier alpha value is -1.70. The molecule has 0 aromatic carbocycles. The summed E-state index contributed by atoms with van der Waals surface area (Å²) in [7, 11) is 0. The third kappa shape index (κ3) is 5.39. The Morgan fingerprint density at radius 3 is 2.44 bits per heavy atom. The zero-order valence-electron chi connectivity index (χ0n) is 15.1. The number of ether oxygens (including phenoxy) is 1. The van der Waals surface area contributed by atoms with Gasteiger partial charge in [-0.1, -0.05) is 0 Å². The van der Waals surface area contributed by atoms with E-state index in [9.17, 15) is 18.7 Å². The van der Waals surface area contributed by atoms with E-state index in [4.69, 9.17) is 4.74 Å². The molecule has 0 saturated heterocycles. The Kier molecular flexibility index (Phi) is 6.03. The highest BCUT2D eigenvalue weighted by Gasteiger charge is 2.28. The van der Waals surface area contributed by atoms with Crippen LogP contribution in [0.3, 0.4) is 0 Å². The summed E-state index contributed by atoms with van der Waals surface area (Å²) in [4.78, 5) is 11.9. The van der Waals surface area contributed by atoms with Gasteiger partial charge in [0.2, 0.25) is 0 Å². The van der Waals surface area contributed by atoms with E-state index < -0.39 is 23.8 Å². The van der Waals surface area contributed by atoms with Crippen molar-refractivity contribution < 1.29 is 23.4 Å². The van der Waals surface area contributed by atoms with Crippen molar-refractivity contribution in [1.29, 1.82) is 0 Å². The zero-order valence-corrected chi connectivity index (χ0v) is 15.1. The molecule has 1 aliphatic rings. The molecule has 1 amide bonds. The Morgan fingerprint density at radius 2 is 1.96 bits per heavy atom. The van der Waals surface area contributed by atoms with E-state index in [1.54, 1.807) is 27.7 Å². The standard InChI is InChI=1S/C17H27F2N3O3/c1-10(23)11-5-7-12(8-6-11)22-9-13(14(21-22)15(18)19)20-16(24)25-17(2,3)4/h9-12,15,23H,5-8H2,1-4H3,(H,20,24)/t10?,11-,12-. The fourth-order valence-corrected chi connectivity index (χ4v) is 3.11. The molecule has 142 valence electrons. The number of carbonyl (C=O) groups is 1. The summed E-state index contributed by atoms with van der Waals surface area (Å²) in [6, 6.07) is -0.0123. The van der Waals surface area contributed by atoms with E-state index >= 15 is 0 Å². The van der Waals surface area contributed by atoms with Gasteiger partial charge in [-0.2, -0.15) is 5.10 Å². The molecule has 1 fully saturated rings. The maximum Gasteiger partial charge on any atom is 0.412 e. The number of anilines is 1. The number of aromatic nitrogens is 2. The van der Waals surface area contributed by atoms with Gasteiger partial charge in [0.05, 0.1) is 17.8 Å². The number of aliphatic hydroxyl groups excluding tert-OH is 1. The third-order valence-electron chi connectivity index (χ3n) is 4.40. The second-order valence-electron chi connectivity index (χ2n) is 7.64. The monoisotopic (exact) mass is 359 g/mol. The maximum absolute atomic E-state index is 13.3. The van der Waals surface area contributed by atoms with E-state index in [2.05, 4.69) is 10.4 Å². The van der Waals surface area contributed by atoms with Gasteiger partial charge >= 0.3 is 6.09 Å². The van der Waals surface area contributed by atoms with E-state index in [0.717, 1.165) is 25.7 Å². The molecular weight excluding hydrogens is 332 g/mol. The summed E-state index contributed by atoms with van der Waals surface area (Å²) in [5.74, 6) is 0.237. The third-order valence-corrected chi connectivity index (χ3v) is 4.40. The highest BCUT2D eigenvalue weighted by molar-refractivity contribution is 5.85. The first kappa shape index (κ1) is 19.6. The van der Waals surface area contributed by atoms with Crippen LogP contribution in [0.15, 0.2) is 6.20 Å². The van der Waals surface area contributed by atoms with Gasteiger partial charge in [-0.3, -0.25) is 10.00 Å². The molecule has 1 aromatic rings. The van der Waals surface area contributed by atoms with Gasteiger partial charge in [-0.25, -0.2) is 13.6 Å². The van der Waals surface area contributed by atoms with Gasteiger partial charge in [0.1, 0.15) is 5.60 Å². The highest BCUT2D eigenvalue weighted by Crippen LogP contribution is 2.35. The molecule has 0 spiro atoms. The molecule has 2 rings (SSSR count). The first-order chi connectivity index (χ1) is 11.6. The summed E-state index contributed by atoms with van der Waals surface area (Å²) in [6.45, 7) is 6.87. The van der Waals surface area contributed by atoms with Crippen LogP contribution >= 0.6 is 0 Å². The number of hydrogen-bond donors (Lipinski definition) is 2. The van der Waals surface area contributed by atoms with Crippen molar-refractivity contribution in [2.45, 2.75) is 77.6 Å². The van der Waals surface area contributed by atoms with Gasteiger partial charge in [-0.15, -0.1) is 0 Å². The normalized spacial score (nSPS) is 22.7. The second kappa shape index (κ2) is 7.68. The number of halogens is 2. The number of nitrogens with one attached hydrogen (secondary N) is 1. The minimum atomic E-state index is -2.79. The van der Waals surface area contributed by atoms with Crippen LogP contribution in [-0.4, -0.2) is 32.7 Å². The number of aliphatic hydroxyl groups is 1. The highest BCUT2D eigenvalue weighted by atomic mass is 19.3. The van der Waals surface area contributed by atoms with Crippen LogP contribution in [0.2, 0.25) is 0 Å². The minimum absolute atomic E-state index is 0.0123. The quantitative estimate of drug-likeness (QED) is 0.841. The summed E-state index contributed by atoms with van der Waals surface area (Å²) in [5, 5.41) is 16.0. The second-order valence-corrected chi connectivity index (χ2v) is 7.64. The number of rotatable bonds is 4. The molecule has 1 unspecified atom stereocenters. The smallest absolute Gasteiger partial charge is 0.412 e. The molecule has 2 N–H and O–H groups in total. The maximum atomic E-state index is 13.3. The van der Waals surface area contributed by atoms with Crippen LogP contribution in [0.4, 0.5) is 19.3 Å². The van der Waals surface area contributed by atoms with E-state index in [-0.39, 0.29) is 23.8 Å². The summed E-state index contributed by atoms with van der Waals surface area (Å²) >= 11 is 0. The van der Waals surface area contributed by atoms with Crippen LogP contribution in [0, 0.1) is 5.92 Å². The van der Waals surface area contributed by atoms with Crippen LogP contribution < -0.4 is 5.32 Å². The zero-order chi connectivity index (χ0) is 18.8. The van der Waals surface area contributed by atoms with Crippen LogP contribution in [0.5, 0.6) is 0 Å². The van der Waals surface area contributed by atoms with Crippen LogP contribution in [0.1, 0.15) is 71.5 Å². The van der Waals surface area contributed by atoms with Gasteiger partial charge in [0.25, 0.3) is 6.43 Å². The van der Waals surface area contributed by atoms with Gasteiger partial charge < -0.3 is 9.84 Å². The lowest BCUT2D eigenvalue weighted by Gasteiger charge is -2.30. The average Bonchev–Trinajstić information content (AvgIpc) is 2.89. The lowest BCUT2D eigenvalue weighted by Crippen LogP contribution is -2.27. The van der Waals surface area contributed by atoms with Crippen molar-refractivity contribution in [2.24, 2.45) is 5.92 Å². The van der Waals surface area contributed by atoms with Crippen molar-refractivity contribution in [1.82, 2.24) is 9.78 Å². The number of alkyl halides is 2. The summed E-state index contributed by atoms with van der Waals surface area (Å²) in [6.07, 6.45) is 0.657. The fraction of sp³-hybridized carbons (Fsp3) is 0.765. The topological polar surface area (TPSA) is 76.4 Å². The van der Waals surface area contributed by atoms with Crippen molar-refractivity contribution in [3.8, 4) is 0 Å². The molecule has 25 heavy (non-hydrogen) atoms. The molecule has 8 heteroatoms. The van der Waals surface area contributed by atoms with Gasteiger partial charge in [0.15, 0.2) is 5.69 Å². The number of amides is 1. The Labute approximate surface area is 146 Å². The average molecular weight is 359 g/mol. The molecule has 1 saturated carbocycles. The molecular formula is C17H27F2N3O3. The molecule has 1 heterocycles. The fourth-order valence-electron chi connectivity index (χ4n) is 3.11. The molecule has 0 radical (unpaired) electrons. The summed E-state index contributed by atoms with van der Waals surface area (Å²) in [5.41, 5.74) is -1.20. The van der Waals surface area contributed by atoms with Crippen LogP contribution in [0.25, 0.3) is 0 Å². The Balaban J connectivity index is 2.10. The first-order valence-electron chi connectivity index (χ1n) is 8.62. The SMILES string of the molecule is CC(O)[C@H]1CC[C@H](n2cc(NC(=O)OC(C)(C)C)c(C(F)F)n2)CC1. The van der Waals surface area contributed by atoms with Crippen LogP contribution in [-0.2, 0) is 4.74 Å². The Bertz CT molecular complexity index is 588. The predicted molar refractivity (Wildman–Crippen MR) is 89.7 cm³/mol. The van der Waals surface area contributed by atoms with Gasteiger partial charge in [0, 0.05) is 6.20 Å². The van der Waals surface area contributed by atoms with E-state index in [1.165, 1.54) is 10.9 Å². The molecule has 1 atom stereocenters. The van der Waals surface area contributed by atoms with Crippen molar-refractivity contribution in [3.05, 3.63) is 11.9 Å². The van der Waals surface area contributed by atoms with E-state index in [1.807, 2.05) is 0 Å². The summed E-state index contributed by atoms with van der Waals surface area (Å²) < 4.78 is 33.1. The number of nitrogens with zero attached hydrogens (tertiary/aromatic N) is 2. The first-order valence-corrected chi connectivity index (χ1v) is 8.62. The lowest BCUT2D eigenvalue weighted by molar-refractivity contribution is 0.0635. The van der Waals surface area contributed by atoms with E-state index in [0.29, 0.717) is 0 Å². The van der Waals surface area contributed by atoms with Gasteiger partial charge in [-0.05, 0) is 59.3 Å². The van der Waals surface area contributed by atoms with Crippen molar-refractivity contribution in [3.63, 3.8) is 0 Å². The van der Waals surface area contributed by atoms with Crippen molar-refractivity contribution >= 4 is 11.8 Å². The largest absolute Gasteiger partial charge is 0.444 e. The Morgan fingerprint density at radius 1 is 1.36 bits per heavy atom. The molecule has 0 bridgehead atoms. The predicted octanol–water partition coefficient (Wildman–Crippen LogP) is 4.28. The molecule has 1 aliphatic carbocycles. The number of carbonyl (C=O) groups excluding carboxylic acids is 1. The lowest BCUT2D eigenvalue weighted by atomic mass is 9.83. The molecule has 0 aliphatic heterocycles. The molecule has 1 aromatic heterocycles. The van der Waals surface area contributed by atoms with Crippen molar-refractivity contribution in [2.75, 3.05) is 5.32 Å². The molecule has 6 nitrogen and oxygen atoms in total. The minimum Gasteiger partial charge on any atom is -0.444 e. The number of hydrogen-bond acceptors (Lipinski definition) is 4.